The Morgan fingerprint density at radius 1 is 1.16 bits per heavy atom. The maximum atomic E-state index is 12.2. The van der Waals surface area contributed by atoms with E-state index in [9.17, 15) is 9.59 Å². The maximum absolute atomic E-state index is 12.2. The van der Waals surface area contributed by atoms with E-state index in [1.807, 2.05) is 24.4 Å². The molecule has 0 aliphatic rings. The number of hydrogen-bond acceptors (Lipinski definition) is 5. The molecule has 2 N–H and O–H groups in total. The summed E-state index contributed by atoms with van der Waals surface area (Å²) in [4.78, 5) is 27.6. The number of ether oxygens (including phenoxy) is 1. The van der Waals surface area contributed by atoms with Gasteiger partial charge >= 0.3 is 0 Å². The Bertz CT molecular complexity index is 1050. The molecule has 1 heterocycles. The first-order chi connectivity index (χ1) is 14.9. The smallest absolute Gasteiger partial charge is 0.264 e. The van der Waals surface area contributed by atoms with Gasteiger partial charge in [-0.3, -0.25) is 14.9 Å². The average molecular weight is 458 g/mol. The van der Waals surface area contributed by atoms with E-state index < -0.39 is 0 Å². The topological polar surface area (TPSA) is 80.3 Å². The van der Waals surface area contributed by atoms with Crippen molar-refractivity contribution in [2.75, 3.05) is 18.5 Å². The van der Waals surface area contributed by atoms with Crippen LogP contribution in [0.15, 0.2) is 47.8 Å². The zero-order chi connectivity index (χ0) is 22.2. The fourth-order valence-corrected chi connectivity index (χ4v) is 3.90. The highest BCUT2D eigenvalue weighted by atomic mass is 35.5. The summed E-state index contributed by atoms with van der Waals surface area (Å²) >= 11 is 7.30. The summed E-state index contributed by atoms with van der Waals surface area (Å²) < 4.78 is 5.57. The SMILES string of the molecule is CC(=O)NCCCc1ccc(-c2csc(NC(=O)COc3ccc(Cl)cc3C)n2)cc1. The number of carbonyl (C=O) groups excluding carboxylic acids is 2. The fourth-order valence-electron chi connectivity index (χ4n) is 2.94. The van der Waals surface area contributed by atoms with Gasteiger partial charge in [0.15, 0.2) is 11.7 Å². The third-order valence-electron chi connectivity index (χ3n) is 4.51. The van der Waals surface area contributed by atoms with Gasteiger partial charge in [0.05, 0.1) is 5.69 Å². The molecule has 0 radical (unpaired) electrons. The highest BCUT2D eigenvalue weighted by Gasteiger charge is 2.10. The highest BCUT2D eigenvalue weighted by molar-refractivity contribution is 7.14. The van der Waals surface area contributed by atoms with Crippen molar-refractivity contribution in [3.05, 3.63) is 64.0 Å². The molecule has 3 rings (SSSR count). The second kappa shape index (κ2) is 10.9. The van der Waals surface area contributed by atoms with Gasteiger partial charge in [-0.2, -0.15) is 0 Å². The summed E-state index contributed by atoms with van der Waals surface area (Å²) in [5.74, 6) is 0.342. The van der Waals surface area contributed by atoms with E-state index in [4.69, 9.17) is 16.3 Å². The molecule has 0 fully saturated rings. The van der Waals surface area contributed by atoms with Crippen LogP contribution in [0.1, 0.15) is 24.5 Å². The molecule has 1 aromatic heterocycles. The lowest BCUT2D eigenvalue weighted by Gasteiger charge is -2.08. The van der Waals surface area contributed by atoms with Gasteiger partial charge in [0.2, 0.25) is 5.91 Å². The number of nitrogens with zero attached hydrogens (tertiary/aromatic N) is 1. The number of aromatic nitrogens is 1. The van der Waals surface area contributed by atoms with E-state index in [1.165, 1.54) is 23.8 Å². The minimum absolute atomic E-state index is 0.00608. The Morgan fingerprint density at radius 2 is 1.94 bits per heavy atom. The molecule has 0 aliphatic carbocycles. The molecule has 0 saturated heterocycles. The molecule has 0 unspecified atom stereocenters. The molecule has 0 aliphatic heterocycles. The van der Waals surface area contributed by atoms with Crippen LogP contribution in [0.25, 0.3) is 11.3 Å². The van der Waals surface area contributed by atoms with Crippen LogP contribution in [-0.4, -0.2) is 29.9 Å². The number of benzene rings is 2. The molecule has 0 saturated carbocycles. The number of rotatable bonds is 9. The zero-order valence-corrected chi connectivity index (χ0v) is 19.0. The predicted octanol–water partition coefficient (Wildman–Crippen LogP) is 4.86. The summed E-state index contributed by atoms with van der Waals surface area (Å²) in [6.07, 6.45) is 1.79. The zero-order valence-electron chi connectivity index (χ0n) is 17.4. The number of amides is 2. The van der Waals surface area contributed by atoms with Crippen LogP contribution in [0.3, 0.4) is 0 Å². The summed E-state index contributed by atoms with van der Waals surface area (Å²) in [6.45, 7) is 3.96. The normalized spacial score (nSPS) is 10.5. The Kier molecular flexibility index (Phi) is 8.03. The second-order valence-electron chi connectivity index (χ2n) is 7.07. The molecule has 0 bridgehead atoms. The van der Waals surface area contributed by atoms with Crippen LogP contribution < -0.4 is 15.4 Å². The van der Waals surface area contributed by atoms with Crippen molar-refractivity contribution in [3.8, 4) is 17.0 Å². The Morgan fingerprint density at radius 3 is 2.65 bits per heavy atom. The number of carbonyl (C=O) groups is 2. The first-order valence-electron chi connectivity index (χ1n) is 9.89. The number of hydrogen-bond donors (Lipinski definition) is 2. The van der Waals surface area contributed by atoms with Gasteiger partial charge < -0.3 is 10.1 Å². The molecule has 6 nitrogen and oxygen atoms in total. The molecule has 0 spiro atoms. The number of anilines is 1. The standard InChI is InChI=1S/C23H24ClN3O3S/c1-15-12-19(24)9-10-21(15)30-13-22(29)27-23-26-20(14-31-23)18-7-5-17(6-8-18)4-3-11-25-16(2)28/h5-10,12,14H,3-4,11,13H2,1-2H3,(H,25,28)(H,26,27,29). The second-order valence-corrected chi connectivity index (χ2v) is 8.36. The van der Waals surface area contributed by atoms with E-state index in [0.717, 1.165) is 29.7 Å². The Balaban J connectivity index is 1.50. The van der Waals surface area contributed by atoms with Crippen molar-refractivity contribution in [2.24, 2.45) is 0 Å². The fraction of sp³-hybridized carbons (Fsp3) is 0.261. The lowest BCUT2D eigenvalue weighted by atomic mass is 10.1. The van der Waals surface area contributed by atoms with Crippen molar-refractivity contribution >= 4 is 39.9 Å². The monoisotopic (exact) mass is 457 g/mol. The first kappa shape index (κ1) is 22.8. The van der Waals surface area contributed by atoms with Crippen molar-refractivity contribution in [2.45, 2.75) is 26.7 Å². The van der Waals surface area contributed by atoms with Crippen molar-refractivity contribution < 1.29 is 14.3 Å². The van der Waals surface area contributed by atoms with Gasteiger partial charge in [-0.25, -0.2) is 4.98 Å². The van der Waals surface area contributed by atoms with E-state index in [2.05, 4.69) is 27.8 Å². The lowest BCUT2D eigenvalue weighted by molar-refractivity contribution is -0.119. The van der Waals surface area contributed by atoms with Gasteiger partial charge in [0.1, 0.15) is 5.75 Å². The van der Waals surface area contributed by atoms with Crippen LogP contribution >= 0.6 is 22.9 Å². The molecule has 162 valence electrons. The summed E-state index contributed by atoms with van der Waals surface area (Å²) in [5.41, 5.74) is 3.86. The van der Waals surface area contributed by atoms with Crippen molar-refractivity contribution in [1.82, 2.24) is 10.3 Å². The van der Waals surface area contributed by atoms with Crippen LogP contribution in [0, 0.1) is 6.92 Å². The third-order valence-corrected chi connectivity index (χ3v) is 5.50. The van der Waals surface area contributed by atoms with E-state index in [0.29, 0.717) is 22.4 Å². The number of thiazole rings is 1. The quantitative estimate of drug-likeness (QED) is 0.450. The average Bonchev–Trinajstić information content (AvgIpc) is 3.19. The van der Waals surface area contributed by atoms with Crippen molar-refractivity contribution in [1.29, 1.82) is 0 Å². The van der Waals surface area contributed by atoms with Crippen LogP contribution in [0.4, 0.5) is 5.13 Å². The molecule has 0 atom stereocenters. The first-order valence-corrected chi connectivity index (χ1v) is 11.1. The molecule has 2 aromatic carbocycles. The van der Waals surface area contributed by atoms with Crippen molar-refractivity contribution in [3.63, 3.8) is 0 Å². The van der Waals surface area contributed by atoms with Gasteiger partial charge in [-0.15, -0.1) is 11.3 Å². The number of nitrogens with one attached hydrogen (secondary N) is 2. The van der Waals surface area contributed by atoms with E-state index >= 15 is 0 Å². The number of aryl methyl sites for hydroxylation is 2. The van der Waals surface area contributed by atoms with Crippen LogP contribution in [-0.2, 0) is 16.0 Å². The minimum atomic E-state index is -0.273. The highest BCUT2D eigenvalue weighted by Crippen LogP contribution is 2.26. The Labute approximate surface area is 190 Å². The van der Waals surface area contributed by atoms with Gasteiger partial charge in [0.25, 0.3) is 5.91 Å². The molecular weight excluding hydrogens is 434 g/mol. The summed E-state index contributed by atoms with van der Waals surface area (Å²) in [5, 5.41) is 8.63. The lowest BCUT2D eigenvalue weighted by Crippen LogP contribution is -2.21. The summed E-state index contributed by atoms with van der Waals surface area (Å²) in [6, 6.07) is 13.4. The molecule has 31 heavy (non-hydrogen) atoms. The van der Waals surface area contributed by atoms with E-state index in [1.54, 1.807) is 18.2 Å². The Hall–Kier alpha value is -2.90. The van der Waals surface area contributed by atoms with Gasteiger partial charge in [0, 0.05) is 29.4 Å². The number of halogens is 1. The molecular formula is C23H24ClN3O3S. The molecule has 8 heteroatoms. The largest absolute Gasteiger partial charge is 0.483 e. The van der Waals surface area contributed by atoms with E-state index in [-0.39, 0.29) is 18.4 Å². The molecule has 3 aromatic rings. The van der Waals surface area contributed by atoms with Crippen LogP contribution in [0.2, 0.25) is 5.02 Å². The minimum Gasteiger partial charge on any atom is -0.483 e. The third kappa shape index (κ3) is 7.08. The van der Waals surface area contributed by atoms with Crippen LogP contribution in [0.5, 0.6) is 5.75 Å². The molecule has 2 amide bonds. The summed E-state index contributed by atoms with van der Waals surface area (Å²) in [7, 11) is 0. The van der Waals surface area contributed by atoms with Gasteiger partial charge in [-0.1, -0.05) is 35.9 Å². The van der Waals surface area contributed by atoms with Gasteiger partial charge in [-0.05, 0) is 49.1 Å². The predicted molar refractivity (Wildman–Crippen MR) is 125 cm³/mol. The maximum Gasteiger partial charge on any atom is 0.264 e.